The number of nitrogens with zero attached hydrogens (tertiary/aromatic N) is 5. The summed E-state index contributed by atoms with van der Waals surface area (Å²) in [5, 5.41) is 13.0. The highest BCUT2D eigenvalue weighted by Crippen LogP contribution is 2.33. The quantitative estimate of drug-likeness (QED) is 0.478. The van der Waals surface area contributed by atoms with E-state index in [4.69, 9.17) is 11.6 Å². The summed E-state index contributed by atoms with van der Waals surface area (Å²) in [7, 11) is 0. The molecule has 0 bridgehead atoms. The maximum Gasteiger partial charge on any atom is 0.277 e. The zero-order valence-electron chi connectivity index (χ0n) is 21.2. The normalized spacial score (nSPS) is 15.0. The highest BCUT2D eigenvalue weighted by Gasteiger charge is 2.38. The number of carbonyl (C=O) groups is 2. The summed E-state index contributed by atoms with van der Waals surface area (Å²) in [5.41, 5.74) is 1.55. The van der Waals surface area contributed by atoms with Gasteiger partial charge >= 0.3 is 0 Å². The second-order valence-electron chi connectivity index (χ2n) is 10.2. The Hall–Kier alpha value is -3.77. The Morgan fingerprint density at radius 1 is 1.16 bits per heavy atom. The lowest BCUT2D eigenvalue weighted by Crippen LogP contribution is -2.48. The number of imidazole rings is 1. The monoisotopic (exact) mass is 519 g/mol. The van der Waals surface area contributed by atoms with Gasteiger partial charge in [0.2, 0.25) is 5.91 Å². The van der Waals surface area contributed by atoms with Crippen LogP contribution in [0.3, 0.4) is 0 Å². The zero-order chi connectivity index (χ0) is 26.6. The summed E-state index contributed by atoms with van der Waals surface area (Å²) in [6.07, 6.45) is 8.94. The van der Waals surface area contributed by atoms with Crippen LogP contribution in [0.5, 0.6) is 0 Å². The zero-order valence-corrected chi connectivity index (χ0v) is 21.9. The van der Waals surface area contributed by atoms with E-state index in [1.807, 2.05) is 18.2 Å². The molecule has 9 nitrogen and oxygen atoms in total. The number of rotatable bonds is 6. The molecule has 1 saturated carbocycles. The number of aromatic nitrogens is 4. The number of aromatic amines is 1. The van der Waals surface area contributed by atoms with Crippen molar-refractivity contribution in [2.75, 3.05) is 4.90 Å². The molecule has 1 aliphatic rings. The summed E-state index contributed by atoms with van der Waals surface area (Å²) in [4.78, 5) is 44.4. The molecule has 1 atom stereocenters. The summed E-state index contributed by atoms with van der Waals surface area (Å²) < 4.78 is 0. The van der Waals surface area contributed by atoms with Crippen molar-refractivity contribution >= 4 is 29.1 Å². The van der Waals surface area contributed by atoms with E-state index < -0.39 is 17.9 Å². The number of carbonyl (C=O) groups excluding carboxylic acids is 2. The van der Waals surface area contributed by atoms with Crippen LogP contribution in [0.15, 0.2) is 43.0 Å². The Morgan fingerprint density at radius 2 is 1.86 bits per heavy atom. The van der Waals surface area contributed by atoms with Crippen LogP contribution >= 0.6 is 11.6 Å². The molecule has 0 aliphatic heterocycles. The van der Waals surface area contributed by atoms with Crippen LogP contribution in [-0.4, -0.2) is 37.8 Å². The first-order chi connectivity index (χ1) is 17.7. The van der Waals surface area contributed by atoms with Gasteiger partial charge in [-0.25, -0.2) is 9.97 Å². The molecule has 2 aromatic heterocycles. The van der Waals surface area contributed by atoms with Gasteiger partial charge in [0.15, 0.2) is 11.7 Å². The third-order valence-electron chi connectivity index (χ3n) is 6.55. The van der Waals surface area contributed by atoms with Crippen molar-refractivity contribution in [3.05, 3.63) is 70.8 Å². The fraction of sp³-hybridized carbons (Fsp3) is 0.407. The predicted molar refractivity (Wildman–Crippen MR) is 140 cm³/mol. The molecule has 2 amide bonds. The minimum absolute atomic E-state index is 0.0210. The Labute approximate surface area is 221 Å². The van der Waals surface area contributed by atoms with Crippen LogP contribution in [0.1, 0.15) is 86.4 Å². The first-order valence-electron chi connectivity index (χ1n) is 12.3. The maximum atomic E-state index is 13.9. The molecule has 192 valence electrons. The van der Waals surface area contributed by atoms with E-state index in [1.165, 1.54) is 23.6 Å². The second kappa shape index (κ2) is 11.1. The van der Waals surface area contributed by atoms with E-state index in [0.717, 1.165) is 37.7 Å². The number of H-pyrrole nitrogens is 1. The van der Waals surface area contributed by atoms with E-state index in [9.17, 15) is 14.9 Å². The van der Waals surface area contributed by atoms with Crippen molar-refractivity contribution in [3.8, 4) is 6.07 Å². The summed E-state index contributed by atoms with van der Waals surface area (Å²) in [5.74, 6) is -0.932. The molecular weight excluding hydrogens is 490 g/mol. The minimum Gasteiger partial charge on any atom is -0.351 e. The predicted octanol–water partition coefficient (Wildman–Crippen LogP) is 4.86. The van der Waals surface area contributed by atoms with Crippen LogP contribution in [0.4, 0.5) is 5.69 Å². The van der Waals surface area contributed by atoms with Gasteiger partial charge in [0.25, 0.3) is 5.91 Å². The van der Waals surface area contributed by atoms with Crippen LogP contribution < -0.4 is 10.2 Å². The number of anilines is 1. The Balaban J connectivity index is 1.86. The number of hydrogen-bond acceptors (Lipinski definition) is 6. The molecule has 1 aromatic carbocycles. The van der Waals surface area contributed by atoms with Crippen LogP contribution in [0, 0.1) is 11.3 Å². The molecule has 37 heavy (non-hydrogen) atoms. The van der Waals surface area contributed by atoms with Gasteiger partial charge in [0.1, 0.15) is 22.6 Å². The van der Waals surface area contributed by atoms with Gasteiger partial charge in [-0.3, -0.25) is 19.5 Å². The molecule has 3 aromatic rings. The fourth-order valence-corrected chi connectivity index (χ4v) is 4.69. The molecule has 0 radical (unpaired) electrons. The Kier molecular flexibility index (Phi) is 7.89. The van der Waals surface area contributed by atoms with Crippen molar-refractivity contribution in [1.82, 2.24) is 25.3 Å². The lowest BCUT2D eigenvalue weighted by molar-refractivity contribution is -0.123. The molecule has 0 saturated heterocycles. The highest BCUT2D eigenvalue weighted by atomic mass is 35.5. The Bertz CT molecular complexity index is 1290. The van der Waals surface area contributed by atoms with Crippen molar-refractivity contribution in [2.24, 2.45) is 0 Å². The molecule has 2 heterocycles. The van der Waals surface area contributed by atoms with Crippen molar-refractivity contribution in [1.29, 1.82) is 5.26 Å². The van der Waals surface area contributed by atoms with Gasteiger partial charge in [-0.2, -0.15) is 5.26 Å². The fourth-order valence-electron chi connectivity index (χ4n) is 4.56. The smallest absolute Gasteiger partial charge is 0.277 e. The van der Waals surface area contributed by atoms with Crippen LogP contribution in [0.2, 0.25) is 5.15 Å². The van der Waals surface area contributed by atoms with E-state index in [-0.39, 0.29) is 33.7 Å². The van der Waals surface area contributed by atoms with Crippen molar-refractivity contribution in [3.63, 3.8) is 0 Å². The van der Waals surface area contributed by atoms with Gasteiger partial charge in [0.05, 0.1) is 18.7 Å². The molecular formula is C27H30ClN7O2. The molecule has 4 rings (SSSR count). The highest BCUT2D eigenvalue weighted by molar-refractivity contribution is 6.29. The number of nitriles is 1. The molecule has 1 fully saturated rings. The van der Waals surface area contributed by atoms with Crippen molar-refractivity contribution < 1.29 is 9.59 Å². The number of amides is 2. The number of nitrogens with one attached hydrogen (secondary N) is 2. The molecule has 1 unspecified atom stereocenters. The van der Waals surface area contributed by atoms with Gasteiger partial charge in [-0.15, -0.1) is 0 Å². The van der Waals surface area contributed by atoms with Crippen LogP contribution in [0.25, 0.3) is 0 Å². The summed E-state index contributed by atoms with van der Waals surface area (Å²) in [6, 6.07) is 8.15. The van der Waals surface area contributed by atoms with E-state index in [2.05, 4.69) is 46.0 Å². The first kappa shape index (κ1) is 26.3. The van der Waals surface area contributed by atoms with Gasteiger partial charge < -0.3 is 10.3 Å². The standard InChI is InChI=1S/C27H30ClN7O2/c1-27(2,3)17-9-11-19(12-10-17)35(26(37)21-14-30-16-32-21)24(23-20(13-29)34-22(28)15-31-23)25(36)33-18-7-5-4-6-8-18/h9-12,14-16,18,24H,4-8H2,1-3H3,(H,30,32)(H,33,36). The molecule has 2 N–H and O–H groups in total. The summed E-state index contributed by atoms with van der Waals surface area (Å²) in [6.45, 7) is 6.29. The van der Waals surface area contributed by atoms with Gasteiger partial charge in [-0.05, 0) is 36.0 Å². The average molecular weight is 520 g/mol. The number of hydrogen-bond donors (Lipinski definition) is 2. The third kappa shape index (κ3) is 5.97. The first-order valence-corrected chi connectivity index (χ1v) is 12.7. The Morgan fingerprint density at radius 3 is 2.46 bits per heavy atom. The lowest BCUT2D eigenvalue weighted by Gasteiger charge is -2.33. The van der Waals surface area contributed by atoms with E-state index in [1.54, 1.807) is 12.1 Å². The average Bonchev–Trinajstić information content (AvgIpc) is 3.42. The van der Waals surface area contributed by atoms with E-state index >= 15 is 0 Å². The minimum atomic E-state index is -1.27. The van der Waals surface area contributed by atoms with Gasteiger partial charge in [0, 0.05) is 11.7 Å². The number of benzene rings is 1. The topological polar surface area (TPSA) is 128 Å². The molecule has 10 heteroatoms. The SMILES string of the molecule is CC(C)(C)c1ccc(N(C(=O)c2cnc[nH]2)C(C(=O)NC2CCCCC2)c2ncc(Cl)nc2C#N)cc1. The maximum absolute atomic E-state index is 13.9. The third-order valence-corrected chi connectivity index (χ3v) is 6.74. The molecule has 0 spiro atoms. The van der Waals surface area contributed by atoms with Gasteiger partial charge in [-0.1, -0.05) is 63.8 Å². The van der Waals surface area contributed by atoms with E-state index in [0.29, 0.717) is 5.69 Å². The van der Waals surface area contributed by atoms with Crippen molar-refractivity contribution in [2.45, 2.75) is 70.4 Å². The lowest BCUT2D eigenvalue weighted by atomic mass is 9.87. The van der Waals surface area contributed by atoms with Crippen LogP contribution in [-0.2, 0) is 10.2 Å². The largest absolute Gasteiger partial charge is 0.351 e. The number of halogens is 1. The molecule has 1 aliphatic carbocycles. The summed E-state index contributed by atoms with van der Waals surface area (Å²) >= 11 is 6.02. The second-order valence-corrected chi connectivity index (χ2v) is 10.6.